The lowest BCUT2D eigenvalue weighted by Gasteiger charge is -2.29. The summed E-state index contributed by atoms with van der Waals surface area (Å²) in [5.41, 5.74) is -2.13. The highest BCUT2D eigenvalue weighted by Gasteiger charge is 2.34. The zero-order valence-corrected chi connectivity index (χ0v) is 12.9. The van der Waals surface area contributed by atoms with Crippen LogP contribution in [0.1, 0.15) is 5.56 Å². The Morgan fingerprint density at radius 3 is 2.24 bits per heavy atom. The third kappa shape index (κ3) is 4.20. The number of anilines is 2. The normalized spacial score (nSPS) is 14.0. The molecule has 1 N–H and O–H groups in total. The first kappa shape index (κ1) is 18.1. The van der Waals surface area contributed by atoms with Gasteiger partial charge >= 0.3 is 6.18 Å². The Morgan fingerprint density at radius 2 is 1.72 bits per heavy atom. The molecule has 0 saturated carbocycles. The van der Waals surface area contributed by atoms with E-state index in [1.54, 1.807) is 4.90 Å². The van der Waals surface area contributed by atoms with Crippen molar-refractivity contribution in [3.8, 4) is 18.2 Å². The molecule has 1 aliphatic rings. The number of nitrogens with one attached hydrogen (secondary N) is 1. The van der Waals surface area contributed by atoms with E-state index in [0.717, 1.165) is 6.07 Å². The highest BCUT2D eigenvalue weighted by molar-refractivity contribution is 5.66. The Hall–Kier alpha value is -3.22. The van der Waals surface area contributed by atoms with Crippen molar-refractivity contribution in [3.05, 3.63) is 35.0 Å². The number of hydrogen-bond donors (Lipinski definition) is 1. The molecule has 1 aromatic carbocycles. The van der Waals surface area contributed by atoms with E-state index in [0.29, 0.717) is 32.0 Å². The summed E-state index contributed by atoms with van der Waals surface area (Å²) in [6.45, 7) is 1.80. The molecule has 25 heavy (non-hydrogen) atoms. The molecule has 9 heteroatoms. The van der Waals surface area contributed by atoms with Crippen LogP contribution in [-0.4, -0.2) is 26.3 Å². The number of nitriles is 3. The van der Waals surface area contributed by atoms with Gasteiger partial charge in [0, 0.05) is 18.8 Å². The van der Waals surface area contributed by atoms with Gasteiger partial charge in [0.2, 0.25) is 0 Å². The number of morpholine rings is 1. The number of ether oxygens (including phenoxy) is 1. The zero-order chi connectivity index (χ0) is 18.4. The first-order chi connectivity index (χ1) is 11.9. The van der Waals surface area contributed by atoms with Crippen LogP contribution in [0.2, 0.25) is 0 Å². The Balaban J connectivity index is 2.45. The highest BCUT2D eigenvalue weighted by atomic mass is 19.4. The van der Waals surface area contributed by atoms with Crippen molar-refractivity contribution in [2.24, 2.45) is 0 Å². The Morgan fingerprint density at radius 1 is 1.08 bits per heavy atom. The highest BCUT2D eigenvalue weighted by Crippen LogP contribution is 2.38. The standard InChI is InChI=1S/C16H12F3N5O/c17-16(18,19)13-7-12(24-3-5-25-6-4-24)1-2-14(13)23-15(10-22)11(8-20)9-21/h1-2,7,23H,3-6H2. The van der Waals surface area contributed by atoms with Crippen molar-refractivity contribution in [1.82, 2.24) is 0 Å². The smallest absolute Gasteiger partial charge is 0.378 e. The number of allylic oxidation sites excluding steroid dienone is 2. The van der Waals surface area contributed by atoms with E-state index in [1.807, 2.05) is 0 Å². The van der Waals surface area contributed by atoms with Crippen LogP contribution >= 0.6 is 0 Å². The molecular formula is C16H12F3N5O. The number of hydrogen-bond acceptors (Lipinski definition) is 6. The number of benzene rings is 1. The fourth-order valence-corrected chi connectivity index (χ4v) is 2.31. The van der Waals surface area contributed by atoms with E-state index in [2.05, 4.69) is 5.32 Å². The Labute approximate surface area is 141 Å². The van der Waals surface area contributed by atoms with Crippen LogP contribution in [0.15, 0.2) is 29.5 Å². The fourth-order valence-electron chi connectivity index (χ4n) is 2.31. The third-order valence-corrected chi connectivity index (χ3v) is 3.53. The summed E-state index contributed by atoms with van der Waals surface area (Å²) in [6, 6.07) is 8.12. The maximum absolute atomic E-state index is 13.4. The van der Waals surface area contributed by atoms with E-state index in [-0.39, 0.29) is 0 Å². The van der Waals surface area contributed by atoms with E-state index >= 15 is 0 Å². The van der Waals surface area contributed by atoms with Crippen LogP contribution in [-0.2, 0) is 10.9 Å². The van der Waals surface area contributed by atoms with Crippen molar-refractivity contribution >= 4 is 11.4 Å². The van der Waals surface area contributed by atoms with Crippen LogP contribution in [0.3, 0.4) is 0 Å². The molecule has 0 aliphatic carbocycles. The average Bonchev–Trinajstić information content (AvgIpc) is 2.61. The van der Waals surface area contributed by atoms with Gasteiger partial charge in [-0.05, 0) is 18.2 Å². The maximum Gasteiger partial charge on any atom is 0.418 e. The van der Waals surface area contributed by atoms with Gasteiger partial charge in [0.25, 0.3) is 0 Å². The molecule has 6 nitrogen and oxygen atoms in total. The van der Waals surface area contributed by atoms with Crippen LogP contribution < -0.4 is 10.2 Å². The molecule has 128 valence electrons. The summed E-state index contributed by atoms with van der Waals surface area (Å²) in [5, 5.41) is 28.8. The lowest BCUT2D eigenvalue weighted by atomic mass is 10.1. The molecule has 1 fully saturated rings. The third-order valence-electron chi connectivity index (χ3n) is 3.53. The number of rotatable bonds is 3. The summed E-state index contributed by atoms with van der Waals surface area (Å²) >= 11 is 0. The minimum absolute atomic E-state index is 0.379. The summed E-state index contributed by atoms with van der Waals surface area (Å²) < 4.78 is 45.4. The van der Waals surface area contributed by atoms with Gasteiger partial charge in [-0.15, -0.1) is 0 Å². The van der Waals surface area contributed by atoms with Crippen molar-refractivity contribution in [3.63, 3.8) is 0 Å². The molecule has 0 radical (unpaired) electrons. The van der Waals surface area contributed by atoms with Gasteiger partial charge in [-0.3, -0.25) is 0 Å². The summed E-state index contributed by atoms with van der Waals surface area (Å²) in [5.74, 6) is 0. The van der Waals surface area contributed by atoms with Gasteiger partial charge < -0.3 is 15.0 Å². The van der Waals surface area contributed by atoms with Crippen LogP contribution in [0.25, 0.3) is 0 Å². The van der Waals surface area contributed by atoms with E-state index < -0.39 is 28.7 Å². The second-order valence-corrected chi connectivity index (χ2v) is 5.04. The molecule has 1 aromatic rings. The average molecular weight is 347 g/mol. The molecule has 0 atom stereocenters. The Bertz CT molecular complexity index is 789. The molecule has 2 rings (SSSR count). The molecule has 0 bridgehead atoms. The minimum atomic E-state index is -4.68. The molecule has 1 saturated heterocycles. The van der Waals surface area contributed by atoms with Crippen LogP contribution in [0, 0.1) is 34.0 Å². The van der Waals surface area contributed by atoms with Gasteiger partial charge in [-0.2, -0.15) is 29.0 Å². The number of halogens is 3. The fraction of sp³-hybridized carbons (Fsp3) is 0.312. The lowest BCUT2D eigenvalue weighted by Crippen LogP contribution is -2.36. The predicted molar refractivity (Wildman–Crippen MR) is 82.0 cm³/mol. The molecule has 1 heterocycles. The molecule has 1 aliphatic heterocycles. The van der Waals surface area contributed by atoms with Crippen molar-refractivity contribution in [1.29, 1.82) is 15.8 Å². The van der Waals surface area contributed by atoms with Crippen LogP contribution in [0.5, 0.6) is 0 Å². The molecule has 0 spiro atoms. The van der Waals surface area contributed by atoms with Crippen molar-refractivity contribution in [2.45, 2.75) is 6.18 Å². The molecule has 0 amide bonds. The van der Waals surface area contributed by atoms with Gasteiger partial charge in [0.05, 0.1) is 24.5 Å². The SMILES string of the molecule is N#CC(C#N)=C(C#N)Nc1ccc(N2CCOCC2)cc1C(F)(F)F. The number of alkyl halides is 3. The second kappa shape index (κ2) is 7.57. The number of nitrogens with zero attached hydrogens (tertiary/aromatic N) is 4. The summed E-state index contributed by atoms with van der Waals surface area (Å²) in [7, 11) is 0. The maximum atomic E-state index is 13.4. The second-order valence-electron chi connectivity index (χ2n) is 5.04. The molecular weight excluding hydrogens is 335 g/mol. The quantitative estimate of drug-likeness (QED) is 0.845. The largest absolute Gasteiger partial charge is 0.418 e. The van der Waals surface area contributed by atoms with E-state index in [1.165, 1.54) is 30.3 Å². The Kier molecular flexibility index (Phi) is 5.49. The first-order valence-electron chi connectivity index (χ1n) is 7.16. The van der Waals surface area contributed by atoms with E-state index in [9.17, 15) is 13.2 Å². The van der Waals surface area contributed by atoms with Crippen molar-refractivity contribution in [2.75, 3.05) is 36.5 Å². The van der Waals surface area contributed by atoms with Crippen molar-refractivity contribution < 1.29 is 17.9 Å². The van der Waals surface area contributed by atoms with Gasteiger partial charge in [0.15, 0.2) is 5.57 Å². The van der Waals surface area contributed by atoms with E-state index in [4.69, 9.17) is 20.5 Å². The molecule has 0 unspecified atom stereocenters. The predicted octanol–water partition coefficient (Wildman–Crippen LogP) is 2.78. The monoisotopic (exact) mass is 347 g/mol. The van der Waals surface area contributed by atoms with Gasteiger partial charge in [-0.25, -0.2) is 0 Å². The van der Waals surface area contributed by atoms with Gasteiger partial charge in [0.1, 0.15) is 23.9 Å². The van der Waals surface area contributed by atoms with Crippen LogP contribution in [0.4, 0.5) is 24.5 Å². The van der Waals surface area contributed by atoms with Gasteiger partial charge in [-0.1, -0.05) is 0 Å². The molecule has 0 aromatic heterocycles. The lowest BCUT2D eigenvalue weighted by molar-refractivity contribution is -0.136. The minimum Gasteiger partial charge on any atom is -0.378 e. The first-order valence-corrected chi connectivity index (χ1v) is 7.16. The summed E-state index contributed by atoms with van der Waals surface area (Å²) in [6.07, 6.45) is -4.68. The zero-order valence-electron chi connectivity index (χ0n) is 12.9. The topological polar surface area (TPSA) is 95.9 Å². The summed E-state index contributed by atoms with van der Waals surface area (Å²) in [4.78, 5) is 1.76.